The summed E-state index contributed by atoms with van der Waals surface area (Å²) < 4.78 is 2.08. The first-order valence-electron chi connectivity index (χ1n) is 7.62. The zero-order chi connectivity index (χ0) is 14.7. The molecular formula is C16H23N5. The van der Waals surface area contributed by atoms with Gasteiger partial charge in [-0.05, 0) is 31.9 Å². The Morgan fingerprint density at radius 3 is 2.71 bits per heavy atom. The van der Waals surface area contributed by atoms with Crippen LogP contribution in [0, 0.1) is 0 Å². The van der Waals surface area contributed by atoms with Crippen LogP contribution >= 0.6 is 0 Å². The zero-order valence-electron chi connectivity index (χ0n) is 12.7. The van der Waals surface area contributed by atoms with E-state index in [1.807, 2.05) is 31.8 Å². The van der Waals surface area contributed by atoms with Gasteiger partial charge in [0, 0.05) is 44.6 Å². The standard InChI is InChI=1S/C16H23N5/c1-13(15-11-17-12-20(15)2)19-14-6-9-21(10-7-14)16-5-3-4-8-18-16/h3-5,8,11-14,19H,6-7,9-10H2,1-2H3. The number of hydrogen-bond acceptors (Lipinski definition) is 4. The molecule has 1 aliphatic rings. The number of piperidine rings is 1. The van der Waals surface area contributed by atoms with E-state index in [0.717, 1.165) is 31.7 Å². The molecule has 0 bridgehead atoms. The Hall–Kier alpha value is -1.88. The van der Waals surface area contributed by atoms with Crippen LogP contribution in [0.2, 0.25) is 0 Å². The highest BCUT2D eigenvalue weighted by Crippen LogP contribution is 2.20. The topological polar surface area (TPSA) is 46.0 Å². The van der Waals surface area contributed by atoms with Crippen LogP contribution in [0.25, 0.3) is 0 Å². The Bertz CT molecular complexity index is 557. The lowest BCUT2D eigenvalue weighted by molar-refractivity contribution is 0.373. The lowest BCUT2D eigenvalue weighted by atomic mass is 10.0. The smallest absolute Gasteiger partial charge is 0.128 e. The maximum absolute atomic E-state index is 4.43. The monoisotopic (exact) mass is 285 g/mol. The Balaban J connectivity index is 1.53. The Labute approximate surface area is 126 Å². The first-order chi connectivity index (χ1) is 10.2. The molecule has 0 amide bonds. The third kappa shape index (κ3) is 3.24. The van der Waals surface area contributed by atoms with Gasteiger partial charge in [0.05, 0.1) is 12.0 Å². The van der Waals surface area contributed by atoms with Crippen molar-refractivity contribution in [1.29, 1.82) is 0 Å². The molecule has 2 aromatic rings. The Morgan fingerprint density at radius 1 is 1.29 bits per heavy atom. The van der Waals surface area contributed by atoms with E-state index in [4.69, 9.17) is 0 Å². The summed E-state index contributed by atoms with van der Waals surface area (Å²) in [6.45, 7) is 4.34. The van der Waals surface area contributed by atoms with Crippen LogP contribution in [0.3, 0.4) is 0 Å². The molecule has 1 N–H and O–H groups in total. The molecule has 5 nitrogen and oxygen atoms in total. The molecule has 2 aromatic heterocycles. The highest BCUT2D eigenvalue weighted by atomic mass is 15.2. The molecule has 0 spiro atoms. The lowest BCUT2D eigenvalue weighted by Gasteiger charge is -2.34. The van der Waals surface area contributed by atoms with E-state index < -0.39 is 0 Å². The Kier molecular flexibility index (Phi) is 4.20. The molecule has 21 heavy (non-hydrogen) atoms. The molecule has 112 valence electrons. The molecule has 0 aromatic carbocycles. The number of pyridine rings is 1. The van der Waals surface area contributed by atoms with E-state index in [1.54, 1.807) is 0 Å². The largest absolute Gasteiger partial charge is 0.357 e. The van der Waals surface area contributed by atoms with Crippen LogP contribution in [0.5, 0.6) is 0 Å². The number of anilines is 1. The van der Waals surface area contributed by atoms with E-state index in [1.165, 1.54) is 5.69 Å². The van der Waals surface area contributed by atoms with E-state index in [2.05, 4.69) is 43.8 Å². The molecule has 0 radical (unpaired) electrons. The second-order valence-corrected chi connectivity index (χ2v) is 5.77. The highest BCUT2D eigenvalue weighted by Gasteiger charge is 2.22. The normalized spacial score (nSPS) is 17.9. The second-order valence-electron chi connectivity index (χ2n) is 5.77. The van der Waals surface area contributed by atoms with Crippen molar-refractivity contribution >= 4 is 5.82 Å². The third-order valence-electron chi connectivity index (χ3n) is 4.25. The minimum absolute atomic E-state index is 0.337. The second kappa shape index (κ2) is 6.26. The molecule has 0 saturated carbocycles. The van der Waals surface area contributed by atoms with Crippen molar-refractivity contribution in [3.8, 4) is 0 Å². The molecule has 0 aliphatic carbocycles. The summed E-state index contributed by atoms with van der Waals surface area (Å²) in [5.74, 6) is 1.09. The number of imidazole rings is 1. The van der Waals surface area contributed by atoms with Crippen LogP contribution in [0.4, 0.5) is 5.82 Å². The van der Waals surface area contributed by atoms with Crippen molar-refractivity contribution in [3.05, 3.63) is 42.6 Å². The quantitative estimate of drug-likeness (QED) is 0.935. The van der Waals surface area contributed by atoms with E-state index in [9.17, 15) is 0 Å². The fourth-order valence-electron chi connectivity index (χ4n) is 3.04. The number of rotatable bonds is 4. The minimum Gasteiger partial charge on any atom is -0.357 e. The maximum Gasteiger partial charge on any atom is 0.128 e. The average molecular weight is 285 g/mol. The first kappa shape index (κ1) is 14.1. The van der Waals surface area contributed by atoms with Crippen molar-refractivity contribution in [2.45, 2.75) is 31.8 Å². The Morgan fingerprint density at radius 2 is 2.10 bits per heavy atom. The molecule has 1 saturated heterocycles. The first-order valence-corrected chi connectivity index (χ1v) is 7.62. The highest BCUT2D eigenvalue weighted by molar-refractivity contribution is 5.38. The minimum atomic E-state index is 0.337. The summed E-state index contributed by atoms with van der Waals surface area (Å²) in [6.07, 6.45) is 7.97. The van der Waals surface area contributed by atoms with Crippen molar-refractivity contribution < 1.29 is 0 Å². The van der Waals surface area contributed by atoms with Crippen LogP contribution < -0.4 is 10.2 Å². The van der Waals surface area contributed by atoms with Gasteiger partial charge in [-0.2, -0.15) is 0 Å². The van der Waals surface area contributed by atoms with Gasteiger partial charge in [0.15, 0.2) is 0 Å². The summed E-state index contributed by atoms with van der Waals surface area (Å²) in [5, 5.41) is 3.73. The molecule has 5 heteroatoms. The van der Waals surface area contributed by atoms with Gasteiger partial charge in [0.1, 0.15) is 5.82 Å². The number of aryl methyl sites for hydroxylation is 1. The summed E-state index contributed by atoms with van der Waals surface area (Å²) in [5.41, 5.74) is 1.24. The van der Waals surface area contributed by atoms with Crippen LogP contribution in [-0.2, 0) is 7.05 Å². The van der Waals surface area contributed by atoms with Gasteiger partial charge in [-0.1, -0.05) is 6.07 Å². The molecule has 1 aliphatic heterocycles. The summed E-state index contributed by atoms with van der Waals surface area (Å²) in [6, 6.07) is 7.01. The van der Waals surface area contributed by atoms with Gasteiger partial charge < -0.3 is 14.8 Å². The van der Waals surface area contributed by atoms with Gasteiger partial charge in [-0.3, -0.25) is 0 Å². The van der Waals surface area contributed by atoms with E-state index in [-0.39, 0.29) is 0 Å². The van der Waals surface area contributed by atoms with Gasteiger partial charge in [-0.15, -0.1) is 0 Å². The van der Waals surface area contributed by atoms with Crippen molar-refractivity contribution in [2.24, 2.45) is 7.05 Å². The lowest BCUT2D eigenvalue weighted by Crippen LogP contribution is -2.43. The SMILES string of the molecule is CC(NC1CCN(c2ccccn2)CC1)c1cncn1C. The van der Waals surface area contributed by atoms with Gasteiger partial charge >= 0.3 is 0 Å². The van der Waals surface area contributed by atoms with Crippen molar-refractivity contribution in [3.63, 3.8) is 0 Å². The molecule has 3 rings (SSSR count). The predicted molar refractivity (Wildman–Crippen MR) is 84.2 cm³/mol. The van der Waals surface area contributed by atoms with Crippen LogP contribution in [-0.4, -0.2) is 33.7 Å². The number of hydrogen-bond donors (Lipinski definition) is 1. The molecular weight excluding hydrogens is 262 g/mol. The zero-order valence-corrected chi connectivity index (χ0v) is 12.7. The van der Waals surface area contributed by atoms with E-state index >= 15 is 0 Å². The molecule has 1 fully saturated rings. The van der Waals surface area contributed by atoms with Crippen LogP contribution in [0.15, 0.2) is 36.9 Å². The number of aromatic nitrogens is 3. The van der Waals surface area contributed by atoms with Crippen molar-refractivity contribution in [1.82, 2.24) is 19.9 Å². The summed E-state index contributed by atoms with van der Waals surface area (Å²) >= 11 is 0. The molecule has 3 heterocycles. The fraction of sp³-hybridized carbons (Fsp3) is 0.500. The van der Waals surface area contributed by atoms with Gasteiger partial charge in [0.25, 0.3) is 0 Å². The van der Waals surface area contributed by atoms with Gasteiger partial charge in [-0.25, -0.2) is 9.97 Å². The van der Waals surface area contributed by atoms with Crippen LogP contribution in [0.1, 0.15) is 31.5 Å². The molecule has 1 unspecified atom stereocenters. The molecule has 1 atom stereocenters. The number of nitrogens with one attached hydrogen (secondary N) is 1. The summed E-state index contributed by atoms with van der Waals surface area (Å²) in [7, 11) is 2.05. The predicted octanol–water partition coefficient (Wildman–Crippen LogP) is 2.13. The fourth-order valence-corrected chi connectivity index (χ4v) is 3.04. The maximum atomic E-state index is 4.43. The van der Waals surface area contributed by atoms with Gasteiger partial charge in [0.2, 0.25) is 0 Å². The number of nitrogens with zero attached hydrogens (tertiary/aromatic N) is 4. The average Bonchev–Trinajstić information content (AvgIpc) is 2.95. The van der Waals surface area contributed by atoms with Crippen molar-refractivity contribution in [2.75, 3.05) is 18.0 Å². The summed E-state index contributed by atoms with van der Waals surface area (Å²) in [4.78, 5) is 11.0. The van der Waals surface area contributed by atoms with E-state index in [0.29, 0.717) is 12.1 Å². The third-order valence-corrected chi connectivity index (χ3v) is 4.25.